The predicted octanol–water partition coefficient (Wildman–Crippen LogP) is 4.80. The lowest BCUT2D eigenvalue weighted by Crippen LogP contribution is -2.19. The highest BCUT2D eigenvalue weighted by molar-refractivity contribution is 6.32. The summed E-state index contributed by atoms with van der Waals surface area (Å²) in [6.07, 6.45) is 2.69. The zero-order chi connectivity index (χ0) is 24.1. The van der Waals surface area contributed by atoms with Gasteiger partial charge in [-0.05, 0) is 55.5 Å². The van der Waals surface area contributed by atoms with Crippen molar-refractivity contribution in [2.75, 3.05) is 17.2 Å². The first-order valence-electron chi connectivity index (χ1n) is 10.2. The van der Waals surface area contributed by atoms with E-state index in [4.69, 9.17) is 20.8 Å². The number of para-hydroxylation sites is 1. The van der Waals surface area contributed by atoms with Gasteiger partial charge in [0.15, 0.2) is 5.76 Å². The number of nitrogens with one attached hydrogen (secondary N) is 2. The van der Waals surface area contributed by atoms with Crippen molar-refractivity contribution in [3.63, 3.8) is 0 Å². The molecule has 4 aromatic rings. The zero-order valence-corrected chi connectivity index (χ0v) is 18.7. The molecule has 0 aliphatic carbocycles. The molecule has 2 aromatic heterocycles. The number of carbonyl (C=O) groups is 3. The van der Waals surface area contributed by atoms with Crippen molar-refractivity contribution in [3.8, 4) is 5.69 Å². The van der Waals surface area contributed by atoms with E-state index in [0.717, 1.165) is 0 Å². The number of hydrogen-bond acceptors (Lipinski definition) is 6. The molecule has 2 N–H and O–H groups in total. The highest BCUT2D eigenvalue weighted by atomic mass is 35.5. The minimum Gasteiger partial charge on any atom is -0.462 e. The molecule has 172 valence electrons. The lowest BCUT2D eigenvalue weighted by Gasteiger charge is -2.12. The van der Waals surface area contributed by atoms with Gasteiger partial charge >= 0.3 is 5.97 Å². The number of amides is 2. The van der Waals surface area contributed by atoms with E-state index in [1.165, 1.54) is 23.2 Å². The minimum absolute atomic E-state index is 0.0628. The molecule has 0 aliphatic heterocycles. The van der Waals surface area contributed by atoms with Crippen LogP contribution in [-0.2, 0) is 4.74 Å². The van der Waals surface area contributed by atoms with Crippen molar-refractivity contribution >= 4 is 40.9 Å². The second-order valence-corrected chi connectivity index (χ2v) is 7.36. The Balaban J connectivity index is 1.64. The Kier molecular flexibility index (Phi) is 6.74. The van der Waals surface area contributed by atoms with Gasteiger partial charge in [-0.15, -0.1) is 0 Å². The molecule has 2 aromatic carbocycles. The molecule has 0 radical (unpaired) electrons. The van der Waals surface area contributed by atoms with E-state index >= 15 is 0 Å². The molecular weight excluding hydrogens is 460 g/mol. The van der Waals surface area contributed by atoms with Crippen LogP contribution in [0.4, 0.5) is 11.5 Å². The van der Waals surface area contributed by atoms with Crippen LogP contribution in [0.1, 0.15) is 38.2 Å². The third-order valence-corrected chi connectivity index (χ3v) is 5.04. The van der Waals surface area contributed by atoms with E-state index in [-0.39, 0.29) is 23.7 Å². The first-order valence-corrected chi connectivity index (χ1v) is 10.6. The smallest absolute Gasteiger partial charge is 0.338 e. The normalized spacial score (nSPS) is 10.5. The SMILES string of the molecule is CCOC(=O)c1ccc(NC(=O)c2cnn(-c3ccccc3Cl)c2NC(=O)c2ccco2)cc1. The van der Waals surface area contributed by atoms with Crippen molar-refractivity contribution in [2.45, 2.75) is 6.92 Å². The van der Waals surface area contributed by atoms with Crippen LogP contribution in [0.25, 0.3) is 5.69 Å². The maximum atomic E-state index is 13.1. The highest BCUT2D eigenvalue weighted by Crippen LogP contribution is 2.27. The second-order valence-electron chi connectivity index (χ2n) is 6.95. The van der Waals surface area contributed by atoms with Gasteiger partial charge in [-0.1, -0.05) is 23.7 Å². The average molecular weight is 479 g/mol. The second kappa shape index (κ2) is 10.1. The van der Waals surface area contributed by atoms with Gasteiger partial charge in [0.05, 0.1) is 35.3 Å². The Hall–Kier alpha value is -4.37. The number of nitrogens with zero attached hydrogens (tertiary/aromatic N) is 2. The van der Waals surface area contributed by atoms with Crippen molar-refractivity contribution in [2.24, 2.45) is 0 Å². The molecule has 0 saturated heterocycles. The van der Waals surface area contributed by atoms with Crippen LogP contribution in [0.5, 0.6) is 0 Å². The molecule has 0 bridgehead atoms. The van der Waals surface area contributed by atoms with Gasteiger partial charge < -0.3 is 19.8 Å². The van der Waals surface area contributed by atoms with Crippen LogP contribution in [0, 0.1) is 0 Å². The lowest BCUT2D eigenvalue weighted by atomic mass is 10.2. The molecule has 2 amide bonds. The number of ether oxygens (including phenoxy) is 1. The summed E-state index contributed by atoms with van der Waals surface area (Å²) < 4.78 is 11.5. The number of aromatic nitrogens is 2. The summed E-state index contributed by atoms with van der Waals surface area (Å²) in [5, 5.41) is 10.1. The minimum atomic E-state index is -0.563. The maximum absolute atomic E-state index is 13.1. The molecule has 10 heteroatoms. The molecule has 0 aliphatic rings. The van der Waals surface area contributed by atoms with Gasteiger partial charge in [0.2, 0.25) is 0 Å². The fourth-order valence-corrected chi connectivity index (χ4v) is 3.34. The first kappa shape index (κ1) is 22.8. The highest BCUT2D eigenvalue weighted by Gasteiger charge is 2.23. The molecule has 34 heavy (non-hydrogen) atoms. The molecule has 2 heterocycles. The van der Waals surface area contributed by atoms with Crippen molar-refractivity contribution in [1.82, 2.24) is 9.78 Å². The van der Waals surface area contributed by atoms with Gasteiger partial charge in [-0.25, -0.2) is 9.48 Å². The number of benzene rings is 2. The number of halogens is 1. The molecule has 0 saturated carbocycles. The van der Waals surface area contributed by atoms with E-state index in [1.54, 1.807) is 61.5 Å². The standard InChI is InChI=1S/C24H19ClN4O5/c1-2-33-24(32)15-9-11-16(12-10-15)27-22(30)17-14-26-29(19-7-4-3-6-18(19)25)21(17)28-23(31)20-8-5-13-34-20/h3-14H,2H2,1H3,(H,27,30)(H,28,31). The number of rotatable bonds is 7. The average Bonchev–Trinajstić information content (AvgIpc) is 3.51. The van der Waals surface area contributed by atoms with E-state index in [1.807, 2.05) is 0 Å². The van der Waals surface area contributed by atoms with E-state index < -0.39 is 17.8 Å². The first-order chi connectivity index (χ1) is 16.5. The van der Waals surface area contributed by atoms with Crippen LogP contribution < -0.4 is 10.6 Å². The summed E-state index contributed by atoms with van der Waals surface area (Å²) in [6.45, 7) is 1.98. The van der Waals surface area contributed by atoms with Crippen molar-refractivity contribution in [3.05, 3.63) is 95.0 Å². The summed E-state index contributed by atoms with van der Waals surface area (Å²) in [4.78, 5) is 37.6. The van der Waals surface area contributed by atoms with Crippen LogP contribution in [0.3, 0.4) is 0 Å². The number of furan rings is 1. The fourth-order valence-electron chi connectivity index (χ4n) is 3.12. The van der Waals surface area contributed by atoms with Gasteiger partial charge in [-0.2, -0.15) is 5.10 Å². The quantitative estimate of drug-likeness (QED) is 0.369. The van der Waals surface area contributed by atoms with E-state index in [9.17, 15) is 14.4 Å². The van der Waals surface area contributed by atoms with Crippen LogP contribution >= 0.6 is 11.6 Å². The number of anilines is 2. The molecule has 0 spiro atoms. The summed E-state index contributed by atoms with van der Waals surface area (Å²) in [7, 11) is 0. The molecule has 4 rings (SSSR count). The van der Waals surface area contributed by atoms with Crippen LogP contribution in [0.15, 0.2) is 77.5 Å². The summed E-state index contributed by atoms with van der Waals surface area (Å²) >= 11 is 6.32. The number of esters is 1. The topological polar surface area (TPSA) is 115 Å². The Morgan fingerprint density at radius 3 is 2.44 bits per heavy atom. The number of hydrogen-bond donors (Lipinski definition) is 2. The van der Waals surface area contributed by atoms with E-state index in [0.29, 0.717) is 22.0 Å². The van der Waals surface area contributed by atoms with Gasteiger partial charge in [0, 0.05) is 5.69 Å². The Morgan fingerprint density at radius 2 is 1.76 bits per heavy atom. The van der Waals surface area contributed by atoms with Gasteiger partial charge in [0.25, 0.3) is 11.8 Å². The third-order valence-electron chi connectivity index (χ3n) is 4.73. The largest absolute Gasteiger partial charge is 0.462 e. The summed E-state index contributed by atoms with van der Waals surface area (Å²) in [5.74, 6) is -1.38. The monoisotopic (exact) mass is 478 g/mol. The van der Waals surface area contributed by atoms with Crippen molar-refractivity contribution in [1.29, 1.82) is 0 Å². The molecule has 0 atom stereocenters. The lowest BCUT2D eigenvalue weighted by molar-refractivity contribution is 0.0526. The van der Waals surface area contributed by atoms with Gasteiger partial charge in [-0.3, -0.25) is 9.59 Å². The fraction of sp³-hybridized carbons (Fsp3) is 0.0833. The Morgan fingerprint density at radius 1 is 1.00 bits per heavy atom. The molecule has 9 nitrogen and oxygen atoms in total. The Bertz CT molecular complexity index is 1330. The van der Waals surface area contributed by atoms with E-state index in [2.05, 4.69) is 15.7 Å². The molecular formula is C24H19ClN4O5. The van der Waals surface area contributed by atoms with Crippen LogP contribution in [-0.4, -0.2) is 34.2 Å². The van der Waals surface area contributed by atoms with Gasteiger partial charge in [0.1, 0.15) is 11.4 Å². The predicted molar refractivity (Wildman–Crippen MR) is 126 cm³/mol. The number of carbonyl (C=O) groups excluding carboxylic acids is 3. The van der Waals surface area contributed by atoms with Crippen molar-refractivity contribution < 1.29 is 23.5 Å². The summed E-state index contributed by atoms with van der Waals surface area (Å²) in [5.41, 5.74) is 1.36. The third kappa shape index (κ3) is 4.84. The zero-order valence-electron chi connectivity index (χ0n) is 17.9. The molecule has 0 fully saturated rings. The Labute approximate surface area is 199 Å². The van der Waals surface area contributed by atoms with Crippen LogP contribution in [0.2, 0.25) is 5.02 Å². The molecule has 0 unspecified atom stereocenters. The summed E-state index contributed by atoms with van der Waals surface area (Å²) in [6, 6.07) is 16.2. The maximum Gasteiger partial charge on any atom is 0.338 e.